The van der Waals surface area contributed by atoms with Crippen LogP contribution in [0.5, 0.6) is 0 Å². The molecule has 2 N–H and O–H groups in total. The second-order valence-corrected chi connectivity index (χ2v) is 6.50. The Morgan fingerprint density at radius 1 is 1.38 bits per heavy atom. The average Bonchev–Trinajstić information content (AvgIpc) is 2.45. The van der Waals surface area contributed by atoms with E-state index in [1.807, 2.05) is 7.05 Å². The maximum Gasteiger partial charge on any atom is 0.221 e. The summed E-state index contributed by atoms with van der Waals surface area (Å²) in [4.78, 5) is 13.4. The highest BCUT2D eigenvalue weighted by Crippen LogP contribution is 2.23. The molecule has 0 aromatic heterocycles. The van der Waals surface area contributed by atoms with Crippen LogP contribution in [0, 0.1) is 5.92 Å². The number of halogens is 1. The second-order valence-electron chi connectivity index (χ2n) is 5.65. The van der Waals surface area contributed by atoms with Crippen molar-refractivity contribution in [2.45, 2.75) is 26.8 Å². The van der Waals surface area contributed by atoms with E-state index in [0.29, 0.717) is 18.9 Å². The van der Waals surface area contributed by atoms with Gasteiger partial charge < -0.3 is 15.5 Å². The van der Waals surface area contributed by atoms with E-state index in [2.05, 4.69) is 63.5 Å². The van der Waals surface area contributed by atoms with Crippen LogP contribution in [-0.2, 0) is 11.3 Å². The van der Waals surface area contributed by atoms with Gasteiger partial charge in [-0.25, -0.2) is 0 Å². The fourth-order valence-corrected chi connectivity index (χ4v) is 2.44. The molecule has 0 radical (unpaired) electrons. The van der Waals surface area contributed by atoms with Crippen LogP contribution in [0.15, 0.2) is 22.7 Å². The van der Waals surface area contributed by atoms with Gasteiger partial charge in [-0.05, 0) is 30.2 Å². The Hall–Kier alpha value is -1.07. The molecule has 1 rings (SSSR count). The van der Waals surface area contributed by atoms with Crippen molar-refractivity contribution < 1.29 is 4.79 Å². The summed E-state index contributed by atoms with van der Waals surface area (Å²) in [6, 6.07) is 6.33. The maximum atomic E-state index is 11.3. The number of benzene rings is 1. The van der Waals surface area contributed by atoms with E-state index in [-0.39, 0.29) is 5.91 Å². The number of hydrogen-bond acceptors (Lipinski definition) is 3. The summed E-state index contributed by atoms with van der Waals surface area (Å²) in [6.45, 7) is 6.98. The third-order valence-corrected chi connectivity index (χ3v) is 4.04. The lowest BCUT2D eigenvalue weighted by molar-refractivity contribution is -0.120. The van der Waals surface area contributed by atoms with Gasteiger partial charge in [0.05, 0.1) is 0 Å². The molecule has 0 saturated carbocycles. The van der Waals surface area contributed by atoms with Crippen molar-refractivity contribution in [3.05, 3.63) is 28.2 Å². The molecule has 1 aromatic carbocycles. The predicted octanol–water partition coefficient (Wildman–Crippen LogP) is 2.77. The lowest BCUT2D eigenvalue weighted by Crippen LogP contribution is -2.26. The molecule has 0 bridgehead atoms. The maximum absolute atomic E-state index is 11.3. The minimum absolute atomic E-state index is 0.0652. The molecule has 1 aromatic rings. The van der Waals surface area contributed by atoms with Crippen LogP contribution in [0.25, 0.3) is 0 Å². The van der Waals surface area contributed by atoms with Crippen LogP contribution < -0.4 is 15.5 Å². The Bertz CT molecular complexity index is 463. The van der Waals surface area contributed by atoms with Crippen molar-refractivity contribution in [2.75, 3.05) is 32.1 Å². The number of carbonyl (C=O) groups excluding carboxylic acids is 1. The van der Waals surface area contributed by atoms with E-state index in [1.54, 1.807) is 7.05 Å². The zero-order valence-corrected chi connectivity index (χ0v) is 15.0. The van der Waals surface area contributed by atoms with Gasteiger partial charge in [0.1, 0.15) is 0 Å². The van der Waals surface area contributed by atoms with Crippen LogP contribution in [0.1, 0.15) is 25.8 Å². The monoisotopic (exact) mass is 355 g/mol. The molecule has 0 atom stereocenters. The molecular weight excluding hydrogens is 330 g/mol. The Kier molecular flexibility index (Phi) is 7.75. The van der Waals surface area contributed by atoms with Gasteiger partial charge in [0.15, 0.2) is 0 Å². The third kappa shape index (κ3) is 6.48. The fourth-order valence-electron chi connectivity index (χ4n) is 1.94. The van der Waals surface area contributed by atoms with E-state index in [1.165, 1.54) is 5.56 Å². The van der Waals surface area contributed by atoms with Crippen molar-refractivity contribution >= 4 is 27.5 Å². The Morgan fingerprint density at radius 2 is 2.10 bits per heavy atom. The average molecular weight is 356 g/mol. The molecule has 0 saturated heterocycles. The van der Waals surface area contributed by atoms with Gasteiger partial charge >= 0.3 is 0 Å². The molecular formula is C16H26BrN3O. The summed E-state index contributed by atoms with van der Waals surface area (Å²) in [6.07, 6.45) is 0.502. The SMILES string of the molecule is CNC(=O)CCN(C)c1ccc(CNCC(C)C)c(Br)c1. The molecule has 0 fully saturated rings. The Labute approximate surface area is 136 Å². The number of hydrogen-bond donors (Lipinski definition) is 2. The minimum atomic E-state index is 0.0652. The quantitative estimate of drug-likeness (QED) is 0.753. The Morgan fingerprint density at radius 3 is 2.67 bits per heavy atom. The number of carbonyl (C=O) groups is 1. The molecule has 118 valence electrons. The first-order valence-electron chi connectivity index (χ1n) is 7.35. The van der Waals surface area contributed by atoms with E-state index in [9.17, 15) is 4.79 Å². The van der Waals surface area contributed by atoms with Crippen molar-refractivity contribution in [2.24, 2.45) is 5.92 Å². The van der Waals surface area contributed by atoms with Crippen molar-refractivity contribution in [3.63, 3.8) is 0 Å². The smallest absolute Gasteiger partial charge is 0.221 e. The lowest BCUT2D eigenvalue weighted by Gasteiger charge is -2.20. The molecule has 0 spiro atoms. The normalized spacial score (nSPS) is 10.8. The first-order chi connectivity index (χ1) is 9.93. The van der Waals surface area contributed by atoms with Gasteiger partial charge in [0, 0.05) is 43.8 Å². The van der Waals surface area contributed by atoms with E-state index in [0.717, 1.165) is 23.2 Å². The third-order valence-electron chi connectivity index (χ3n) is 3.30. The number of nitrogens with zero attached hydrogens (tertiary/aromatic N) is 1. The molecule has 21 heavy (non-hydrogen) atoms. The molecule has 0 aliphatic heterocycles. The molecule has 0 aliphatic rings. The Balaban J connectivity index is 2.58. The molecule has 0 aliphatic carbocycles. The lowest BCUT2D eigenvalue weighted by atomic mass is 10.1. The number of anilines is 1. The highest BCUT2D eigenvalue weighted by atomic mass is 79.9. The molecule has 0 heterocycles. The van der Waals surface area contributed by atoms with Crippen LogP contribution in [-0.4, -0.2) is 33.1 Å². The van der Waals surface area contributed by atoms with Gasteiger partial charge in [-0.3, -0.25) is 4.79 Å². The summed E-state index contributed by atoms with van der Waals surface area (Å²) >= 11 is 3.63. The van der Waals surface area contributed by atoms with E-state index >= 15 is 0 Å². The summed E-state index contributed by atoms with van der Waals surface area (Å²) in [7, 11) is 3.67. The topological polar surface area (TPSA) is 44.4 Å². The fraction of sp³-hybridized carbons (Fsp3) is 0.562. The summed E-state index contributed by atoms with van der Waals surface area (Å²) in [5, 5.41) is 6.08. The van der Waals surface area contributed by atoms with Crippen LogP contribution in [0.3, 0.4) is 0 Å². The van der Waals surface area contributed by atoms with Gasteiger partial charge in [-0.15, -0.1) is 0 Å². The van der Waals surface area contributed by atoms with Gasteiger partial charge in [-0.2, -0.15) is 0 Å². The molecule has 5 heteroatoms. The standard InChI is InChI=1S/C16H26BrN3O/c1-12(2)10-19-11-13-5-6-14(9-15(13)17)20(4)8-7-16(21)18-3/h5-6,9,12,19H,7-8,10-11H2,1-4H3,(H,18,21). The highest BCUT2D eigenvalue weighted by Gasteiger charge is 2.07. The highest BCUT2D eigenvalue weighted by molar-refractivity contribution is 9.10. The van der Waals surface area contributed by atoms with Gasteiger partial charge in [0.2, 0.25) is 5.91 Å². The first kappa shape index (κ1) is 18.0. The number of rotatable bonds is 8. The zero-order valence-electron chi connectivity index (χ0n) is 13.4. The van der Waals surface area contributed by atoms with Crippen LogP contribution in [0.4, 0.5) is 5.69 Å². The summed E-state index contributed by atoms with van der Waals surface area (Å²) in [5.74, 6) is 0.717. The minimum Gasteiger partial charge on any atom is -0.374 e. The van der Waals surface area contributed by atoms with Gasteiger partial charge in [-0.1, -0.05) is 35.8 Å². The molecule has 4 nitrogen and oxygen atoms in total. The van der Waals surface area contributed by atoms with Crippen molar-refractivity contribution in [1.29, 1.82) is 0 Å². The summed E-state index contributed by atoms with van der Waals surface area (Å²) in [5.41, 5.74) is 2.36. The van der Waals surface area contributed by atoms with E-state index < -0.39 is 0 Å². The number of nitrogens with one attached hydrogen (secondary N) is 2. The zero-order chi connectivity index (χ0) is 15.8. The predicted molar refractivity (Wildman–Crippen MR) is 92.6 cm³/mol. The van der Waals surface area contributed by atoms with Crippen LogP contribution >= 0.6 is 15.9 Å². The molecule has 1 amide bonds. The summed E-state index contributed by atoms with van der Waals surface area (Å²) < 4.78 is 1.10. The largest absolute Gasteiger partial charge is 0.374 e. The van der Waals surface area contributed by atoms with Crippen LogP contribution in [0.2, 0.25) is 0 Å². The van der Waals surface area contributed by atoms with Crippen molar-refractivity contribution in [3.8, 4) is 0 Å². The van der Waals surface area contributed by atoms with E-state index in [4.69, 9.17) is 0 Å². The second kappa shape index (κ2) is 9.05. The van der Waals surface area contributed by atoms with Crippen molar-refractivity contribution in [1.82, 2.24) is 10.6 Å². The molecule has 0 unspecified atom stereocenters. The number of amides is 1. The first-order valence-corrected chi connectivity index (χ1v) is 8.14. The van der Waals surface area contributed by atoms with Gasteiger partial charge in [0.25, 0.3) is 0 Å².